The normalized spacial score (nSPS) is 26.8. The zero-order valence-electron chi connectivity index (χ0n) is 25.4. The van der Waals surface area contributed by atoms with Crippen LogP contribution < -0.4 is 4.90 Å². The van der Waals surface area contributed by atoms with Crippen LogP contribution in [0.15, 0.2) is 79.9 Å². The summed E-state index contributed by atoms with van der Waals surface area (Å²) in [6, 6.07) is 15.8. The second-order valence-corrected chi connectivity index (χ2v) is 12.4. The van der Waals surface area contributed by atoms with Crippen LogP contribution in [0.3, 0.4) is 0 Å². The molecule has 234 valence electrons. The van der Waals surface area contributed by atoms with Crippen LogP contribution in [-0.4, -0.2) is 76.1 Å². The molecule has 2 aromatic carbocycles. The molecule has 0 aromatic heterocycles. The Morgan fingerprint density at radius 3 is 2.39 bits per heavy atom. The van der Waals surface area contributed by atoms with E-state index in [-0.39, 0.29) is 37.4 Å². The number of anilines is 1. The van der Waals surface area contributed by atoms with Gasteiger partial charge in [-0.2, -0.15) is 0 Å². The van der Waals surface area contributed by atoms with Gasteiger partial charge in [0.1, 0.15) is 11.6 Å². The Bertz CT molecular complexity index is 1380. The molecule has 44 heavy (non-hydrogen) atoms. The van der Waals surface area contributed by atoms with Gasteiger partial charge in [0, 0.05) is 43.5 Å². The maximum atomic E-state index is 14.7. The van der Waals surface area contributed by atoms with E-state index in [0.717, 1.165) is 5.56 Å². The highest BCUT2D eigenvalue weighted by Gasteiger charge is 2.79. The Morgan fingerprint density at radius 2 is 1.75 bits per heavy atom. The molecule has 0 aliphatic carbocycles. The van der Waals surface area contributed by atoms with Crippen molar-refractivity contribution in [2.75, 3.05) is 31.1 Å². The Balaban J connectivity index is 1.57. The molecule has 3 amide bonds. The third-order valence-electron chi connectivity index (χ3n) is 9.58. The van der Waals surface area contributed by atoms with Crippen LogP contribution in [0.5, 0.6) is 0 Å². The van der Waals surface area contributed by atoms with E-state index in [2.05, 4.69) is 13.2 Å². The summed E-state index contributed by atoms with van der Waals surface area (Å²) in [7, 11) is 0. The Labute approximate surface area is 264 Å². The van der Waals surface area contributed by atoms with Gasteiger partial charge in [-0.25, -0.2) is 0 Å². The van der Waals surface area contributed by atoms with Crippen molar-refractivity contribution in [3.63, 3.8) is 0 Å². The summed E-state index contributed by atoms with van der Waals surface area (Å²) < 4.78 is 6.98. The van der Waals surface area contributed by atoms with Crippen LogP contribution in [0.4, 0.5) is 5.69 Å². The van der Waals surface area contributed by atoms with Crippen LogP contribution in [0.25, 0.3) is 0 Å². The van der Waals surface area contributed by atoms with Gasteiger partial charge in [-0.05, 0) is 61.9 Å². The number of rotatable bonds is 14. The molecular formula is C35H42ClN3O5. The minimum Gasteiger partial charge on any atom is -0.396 e. The molecule has 1 spiro atoms. The first kappa shape index (κ1) is 31.9. The summed E-state index contributed by atoms with van der Waals surface area (Å²) in [6.07, 6.45) is 5.98. The number of carbonyl (C=O) groups is 3. The monoisotopic (exact) mass is 619 g/mol. The van der Waals surface area contributed by atoms with E-state index in [1.807, 2.05) is 37.3 Å². The van der Waals surface area contributed by atoms with Crippen LogP contribution in [0, 0.1) is 11.8 Å². The number of likely N-dealkylation sites (tertiary alicyclic amines) is 1. The molecule has 3 aliphatic heterocycles. The summed E-state index contributed by atoms with van der Waals surface area (Å²) in [5, 5.41) is 10.1. The Hall–Kier alpha value is -3.46. The lowest BCUT2D eigenvalue weighted by molar-refractivity contribution is -0.151. The van der Waals surface area contributed by atoms with E-state index in [0.29, 0.717) is 55.9 Å². The summed E-state index contributed by atoms with van der Waals surface area (Å²) in [5.74, 6) is -2.20. The summed E-state index contributed by atoms with van der Waals surface area (Å²) in [4.78, 5) is 48.8. The van der Waals surface area contributed by atoms with Crippen molar-refractivity contribution in [1.82, 2.24) is 9.80 Å². The van der Waals surface area contributed by atoms with Gasteiger partial charge in [0.05, 0.1) is 17.4 Å². The van der Waals surface area contributed by atoms with Crippen molar-refractivity contribution < 1.29 is 24.2 Å². The molecule has 3 heterocycles. The van der Waals surface area contributed by atoms with Gasteiger partial charge in [0.15, 0.2) is 0 Å². The molecule has 3 fully saturated rings. The average Bonchev–Trinajstić information content (AvgIpc) is 3.64. The van der Waals surface area contributed by atoms with E-state index in [4.69, 9.17) is 16.3 Å². The standard InChI is InChI=1S/C35H42ClN3O5/c1-4-20-37(24-25-12-8-7-9-13-25)31(41)28-29-32(42)39(22-10-11-23-40)30(35(29)19-18-34(28,6-3)44-35)33(43)38(21-5-2)27-16-14-26(36)15-17-27/h4-5,7-9,12-17,28-30,40H,1-2,6,10-11,18-24H2,3H3/t28-,29-,30?,34+,35?/m0/s1. The third kappa shape index (κ3) is 5.48. The smallest absolute Gasteiger partial charge is 0.253 e. The second-order valence-electron chi connectivity index (χ2n) is 12.0. The molecule has 0 radical (unpaired) electrons. The quantitative estimate of drug-likeness (QED) is 0.237. The summed E-state index contributed by atoms with van der Waals surface area (Å²) >= 11 is 6.15. The van der Waals surface area contributed by atoms with Gasteiger partial charge in [0.2, 0.25) is 11.8 Å². The van der Waals surface area contributed by atoms with Crippen LogP contribution in [-0.2, 0) is 25.7 Å². The lowest BCUT2D eigenvalue weighted by atomic mass is 9.64. The zero-order chi connectivity index (χ0) is 31.5. The number of benzene rings is 2. The first-order chi connectivity index (χ1) is 21.3. The maximum absolute atomic E-state index is 14.7. The van der Waals surface area contributed by atoms with Crippen LogP contribution >= 0.6 is 11.6 Å². The second kappa shape index (κ2) is 13.3. The summed E-state index contributed by atoms with van der Waals surface area (Å²) in [5.41, 5.74) is -0.395. The maximum Gasteiger partial charge on any atom is 0.253 e. The molecule has 2 bridgehead atoms. The Morgan fingerprint density at radius 1 is 1.05 bits per heavy atom. The zero-order valence-corrected chi connectivity index (χ0v) is 26.1. The van der Waals surface area contributed by atoms with E-state index < -0.39 is 29.1 Å². The fourth-order valence-corrected chi connectivity index (χ4v) is 7.74. The molecule has 0 saturated carbocycles. The Kier molecular flexibility index (Phi) is 9.63. The summed E-state index contributed by atoms with van der Waals surface area (Å²) in [6.45, 7) is 10.9. The highest BCUT2D eigenvalue weighted by Crippen LogP contribution is 2.64. The first-order valence-electron chi connectivity index (χ1n) is 15.5. The number of unbranched alkanes of at least 4 members (excludes halogenated alkanes) is 1. The number of hydrogen-bond donors (Lipinski definition) is 1. The number of amides is 3. The van der Waals surface area contributed by atoms with Crippen molar-refractivity contribution in [3.05, 3.63) is 90.5 Å². The highest BCUT2D eigenvalue weighted by molar-refractivity contribution is 6.30. The number of halogens is 1. The first-order valence-corrected chi connectivity index (χ1v) is 15.9. The minimum absolute atomic E-state index is 0.0187. The number of aliphatic hydroxyl groups is 1. The van der Waals surface area contributed by atoms with Gasteiger partial charge < -0.3 is 24.5 Å². The molecule has 3 saturated heterocycles. The van der Waals surface area contributed by atoms with Gasteiger partial charge in [0.25, 0.3) is 5.91 Å². The van der Waals surface area contributed by atoms with E-state index in [1.54, 1.807) is 51.1 Å². The van der Waals surface area contributed by atoms with Crippen molar-refractivity contribution >= 4 is 35.0 Å². The molecule has 2 unspecified atom stereocenters. The fourth-order valence-electron chi connectivity index (χ4n) is 7.62. The van der Waals surface area contributed by atoms with Gasteiger partial charge >= 0.3 is 0 Å². The predicted octanol–water partition coefficient (Wildman–Crippen LogP) is 5.00. The molecular weight excluding hydrogens is 578 g/mol. The van der Waals surface area contributed by atoms with Gasteiger partial charge in [-0.1, -0.05) is 61.0 Å². The molecule has 8 nitrogen and oxygen atoms in total. The van der Waals surface area contributed by atoms with Gasteiger partial charge in [-0.3, -0.25) is 14.4 Å². The third-order valence-corrected chi connectivity index (χ3v) is 9.83. The molecule has 9 heteroatoms. The lowest BCUT2D eigenvalue weighted by Crippen LogP contribution is -2.56. The highest BCUT2D eigenvalue weighted by atomic mass is 35.5. The van der Waals surface area contributed by atoms with Crippen molar-refractivity contribution in [3.8, 4) is 0 Å². The van der Waals surface area contributed by atoms with Gasteiger partial charge in [-0.15, -0.1) is 13.2 Å². The number of fused-ring (bicyclic) bond motifs is 1. The van der Waals surface area contributed by atoms with E-state index >= 15 is 0 Å². The number of aliphatic hydroxyl groups excluding tert-OH is 1. The predicted molar refractivity (Wildman–Crippen MR) is 171 cm³/mol. The molecule has 5 atom stereocenters. The SMILES string of the molecule is C=CCN(Cc1ccccc1)C(=O)[C@@H]1[C@H]2C(=O)N(CCCCO)C(C(=O)N(CC=C)c3ccc(Cl)cc3)C23CC[C@@]1(CC)O3. The van der Waals surface area contributed by atoms with Crippen LogP contribution in [0.2, 0.25) is 5.02 Å². The number of ether oxygens (including phenoxy) is 1. The van der Waals surface area contributed by atoms with Crippen molar-refractivity contribution in [1.29, 1.82) is 0 Å². The number of carbonyl (C=O) groups excluding carboxylic acids is 3. The topological polar surface area (TPSA) is 90.4 Å². The number of hydrogen-bond acceptors (Lipinski definition) is 5. The molecule has 1 N–H and O–H groups in total. The molecule has 3 aliphatic rings. The average molecular weight is 620 g/mol. The molecule has 5 rings (SSSR count). The largest absolute Gasteiger partial charge is 0.396 e. The molecule has 2 aromatic rings. The fraction of sp³-hybridized carbons (Fsp3) is 0.457. The van der Waals surface area contributed by atoms with E-state index in [9.17, 15) is 19.5 Å². The minimum atomic E-state index is -1.15. The van der Waals surface area contributed by atoms with Crippen molar-refractivity contribution in [2.45, 2.75) is 62.8 Å². The lowest BCUT2D eigenvalue weighted by Gasteiger charge is -2.37. The van der Waals surface area contributed by atoms with Crippen molar-refractivity contribution in [2.24, 2.45) is 11.8 Å². The van der Waals surface area contributed by atoms with Crippen LogP contribution in [0.1, 0.15) is 44.6 Å². The van der Waals surface area contributed by atoms with E-state index in [1.165, 1.54) is 0 Å². The number of nitrogens with zero attached hydrogens (tertiary/aromatic N) is 3.